The molecule has 0 spiro atoms. The van der Waals surface area contributed by atoms with Gasteiger partial charge in [-0.1, -0.05) is 0 Å². The molecule has 0 aliphatic rings. The molecule has 0 saturated heterocycles. The van der Waals surface area contributed by atoms with Crippen LogP contribution in [0.25, 0.3) is 0 Å². The van der Waals surface area contributed by atoms with Gasteiger partial charge in [-0.25, -0.2) is 8.78 Å². The van der Waals surface area contributed by atoms with Gasteiger partial charge in [-0.2, -0.15) is 0 Å². The lowest BCUT2D eigenvalue weighted by molar-refractivity contribution is 0.280. The molecule has 0 aromatic heterocycles. The molecular formula is C7H5F2IO. The van der Waals surface area contributed by atoms with Gasteiger partial charge in [0.15, 0.2) is 11.6 Å². The maximum Gasteiger partial charge on any atom is 0.172 e. The average molecular weight is 270 g/mol. The zero-order valence-corrected chi connectivity index (χ0v) is 7.60. The van der Waals surface area contributed by atoms with Gasteiger partial charge in [0.05, 0.1) is 10.2 Å². The molecule has 1 rings (SSSR count). The SMILES string of the molecule is OCc1cc(F)c(F)c(I)c1. The summed E-state index contributed by atoms with van der Waals surface area (Å²) >= 11 is 1.67. The zero-order valence-electron chi connectivity index (χ0n) is 5.44. The van der Waals surface area contributed by atoms with E-state index in [4.69, 9.17) is 5.11 Å². The van der Waals surface area contributed by atoms with Crippen molar-refractivity contribution in [2.24, 2.45) is 0 Å². The first-order valence-electron chi connectivity index (χ1n) is 2.89. The molecular weight excluding hydrogens is 265 g/mol. The molecule has 0 amide bonds. The molecule has 1 aromatic rings. The smallest absolute Gasteiger partial charge is 0.172 e. The van der Waals surface area contributed by atoms with Crippen LogP contribution in [0.2, 0.25) is 0 Å². The lowest BCUT2D eigenvalue weighted by Crippen LogP contribution is -1.92. The van der Waals surface area contributed by atoms with Crippen molar-refractivity contribution < 1.29 is 13.9 Å². The first-order chi connectivity index (χ1) is 5.15. The van der Waals surface area contributed by atoms with Crippen LogP contribution >= 0.6 is 22.6 Å². The Balaban J connectivity index is 3.21. The largest absolute Gasteiger partial charge is 0.392 e. The minimum Gasteiger partial charge on any atom is -0.392 e. The van der Waals surface area contributed by atoms with Crippen LogP contribution in [0.3, 0.4) is 0 Å². The molecule has 1 nitrogen and oxygen atoms in total. The highest BCUT2D eigenvalue weighted by Crippen LogP contribution is 2.16. The van der Waals surface area contributed by atoms with E-state index in [-0.39, 0.29) is 10.2 Å². The highest BCUT2D eigenvalue weighted by Gasteiger charge is 2.07. The van der Waals surface area contributed by atoms with Crippen molar-refractivity contribution in [2.75, 3.05) is 0 Å². The van der Waals surface area contributed by atoms with Crippen LogP contribution in [0.1, 0.15) is 5.56 Å². The fourth-order valence-electron chi connectivity index (χ4n) is 0.699. The van der Waals surface area contributed by atoms with E-state index in [0.29, 0.717) is 5.56 Å². The van der Waals surface area contributed by atoms with Gasteiger partial charge in [0, 0.05) is 0 Å². The maximum atomic E-state index is 12.6. The van der Waals surface area contributed by atoms with Crippen molar-refractivity contribution in [1.82, 2.24) is 0 Å². The van der Waals surface area contributed by atoms with Crippen molar-refractivity contribution in [1.29, 1.82) is 0 Å². The summed E-state index contributed by atoms with van der Waals surface area (Å²) in [6.07, 6.45) is 0. The van der Waals surface area contributed by atoms with E-state index in [0.717, 1.165) is 6.07 Å². The van der Waals surface area contributed by atoms with E-state index in [1.165, 1.54) is 6.07 Å². The third kappa shape index (κ3) is 1.87. The van der Waals surface area contributed by atoms with Crippen molar-refractivity contribution in [3.8, 4) is 0 Å². The van der Waals surface area contributed by atoms with Gasteiger partial charge in [-0.05, 0) is 40.3 Å². The predicted octanol–water partition coefficient (Wildman–Crippen LogP) is 2.06. The molecule has 0 radical (unpaired) electrons. The van der Waals surface area contributed by atoms with Gasteiger partial charge < -0.3 is 5.11 Å². The van der Waals surface area contributed by atoms with Gasteiger partial charge in [0.2, 0.25) is 0 Å². The van der Waals surface area contributed by atoms with Crippen LogP contribution in [0.5, 0.6) is 0 Å². The second-order valence-corrected chi connectivity index (χ2v) is 3.19. The minimum atomic E-state index is -0.916. The number of aliphatic hydroxyl groups excluding tert-OH is 1. The van der Waals surface area contributed by atoms with Crippen LogP contribution in [0.15, 0.2) is 12.1 Å². The number of hydrogen-bond acceptors (Lipinski definition) is 1. The third-order valence-corrected chi connectivity index (χ3v) is 2.01. The molecule has 1 aromatic carbocycles. The minimum absolute atomic E-state index is 0.187. The third-order valence-electron chi connectivity index (χ3n) is 1.23. The van der Waals surface area contributed by atoms with Crippen LogP contribution < -0.4 is 0 Å². The Kier molecular flexibility index (Phi) is 2.78. The van der Waals surface area contributed by atoms with Gasteiger partial charge in [0.25, 0.3) is 0 Å². The normalized spacial score (nSPS) is 10.2. The first kappa shape index (κ1) is 8.86. The van der Waals surface area contributed by atoms with Gasteiger partial charge in [-0.3, -0.25) is 0 Å². The number of aliphatic hydroxyl groups is 1. The van der Waals surface area contributed by atoms with E-state index < -0.39 is 11.6 Å². The number of hydrogen-bond donors (Lipinski definition) is 1. The van der Waals surface area contributed by atoms with Crippen molar-refractivity contribution in [3.05, 3.63) is 32.9 Å². The van der Waals surface area contributed by atoms with Crippen molar-refractivity contribution in [3.63, 3.8) is 0 Å². The molecule has 60 valence electrons. The van der Waals surface area contributed by atoms with Crippen LogP contribution in [0.4, 0.5) is 8.78 Å². The van der Waals surface area contributed by atoms with E-state index in [9.17, 15) is 8.78 Å². The second kappa shape index (κ2) is 3.44. The molecule has 0 fully saturated rings. The molecule has 11 heavy (non-hydrogen) atoms. The van der Waals surface area contributed by atoms with E-state index >= 15 is 0 Å². The van der Waals surface area contributed by atoms with Crippen molar-refractivity contribution in [2.45, 2.75) is 6.61 Å². The van der Waals surface area contributed by atoms with Gasteiger partial charge >= 0.3 is 0 Å². The highest BCUT2D eigenvalue weighted by atomic mass is 127. The van der Waals surface area contributed by atoms with Crippen LogP contribution in [-0.4, -0.2) is 5.11 Å². The molecule has 1 N–H and O–H groups in total. The Hall–Kier alpha value is -0.230. The fourth-order valence-corrected chi connectivity index (χ4v) is 1.36. The summed E-state index contributed by atoms with van der Waals surface area (Å²) in [7, 11) is 0. The molecule has 0 aliphatic carbocycles. The van der Waals surface area contributed by atoms with Gasteiger partial charge in [0.1, 0.15) is 0 Å². The lowest BCUT2D eigenvalue weighted by atomic mass is 10.2. The summed E-state index contributed by atoms with van der Waals surface area (Å²) in [5, 5.41) is 8.58. The monoisotopic (exact) mass is 270 g/mol. The Bertz CT molecular complexity index is 252. The fraction of sp³-hybridized carbons (Fsp3) is 0.143. The molecule has 0 heterocycles. The Labute approximate surface area is 76.2 Å². The van der Waals surface area contributed by atoms with Crippen molar-refractivity contribution >= 4 is 22.6 Å². The number of halogens is 3. The lowest BCUT2D eigenvalue weighted by Gasteiger charge is -1.99. The molecule has 0 bridgehead atoms. The highest BCUT2D eigenvalue weighted by molar-refractivity contribution is 14.1. The predicted molar refractivity (Wildman–Crippen MR) is 45.0 cm³/mol. The van der Waals surface area contributed by atoms with E-state index in [1.807, 2.05) is 0 Å². The summed E-state index contributed by atoms with van der Waals surface area (Å²) < 4.78 is 25.3. The quantitative estimate of drug-likeness (QED) is 0.611. The van der Waals surface area contributed by atoms with E-state index in [1.54, 1.807) is 22.6 Å². The van der Waals surface area contributed by atoms with Gasteiger partial charge in [-0.15, -0.1) is 0 Å². The molecule has 4 heteroatoms. The molecule has 0 saturated carbocycles. The summed E-state index contributed by atoms with van der Waals surface area (Å²) in [6.45, 7) is -0.271. The summed E-state index contributed by atoms with van der Waals surface area (Å²) in [4.78, 5) is 0. The second-order valence-electron chi connectivity index (χ2n) is 2.03. The molecule has 0 unspecified atom stereocenters. The molecule has 0 aliphatic heterocycles. The number of benzene rings is 1. The van der Waals surface area contributed by atoms with E-state index in [2.05, 4.69) is 0 Å². The van der Waals surface area contributed by atoms with Crippen LogP contribution in [-0.2, 0) is 6.61 Å². The first-order valence-corrected chi connectivity index (χ1v) is 3.97. The maximum absolute atomic E-state index is 12.6. The zero-order chi connectivity index (χ0) is 8.43. The van der Waals surface area contributed by atoms with Crippen LogP contribution in [0, 0.1) is 15.2 Å². The Morgan fingerprint density at radius 3 is 2.45 bits per heavy atom. The Morgan fingerprint density at radius 2 is 2.00 bits per heavy atom. The standard InChI is InChI=1S/C7H5F2IO/c8-5-1-4(3-11)2-6(10)7(5)9/h1-2,11H,3H2. The Morgan fingerprint density at radius 1 is 1.36 bits per heavy atom. The summed E-state index contributed by atoms with van der Waals surface area (Å²) in [5.74, 6) is -1.77. The summed E-state index contributed by atoms with van der Waals surface area (Å²) in [6, 6.07) is 2.39. The number of rotatable bonds is 1. The molecule has 0 atom stereocenters. The average Bonchev–Trinajstić information content (AvgIpc) is 1.99. The summed E-state index contributed by atoms with van der Waals surface area (Å²) in [5.41, 5.74) is 0.383. The topological polar surface area (TPSA) is 20.2 Å².